The fourth-order valence-corrected chi connectivity index (χ4v) is 4.02. The van der Waals surface area contributed by atoms with E-state index in [9.17, 15) is 9.18 Å². The highest BCUT2D eigenvalue weighted by atomic mass is 19.1. The van der Waals surface area contributed by atoms with Gasteiger partial charge in [-0.3, -0.25) is 14.8 Å². The number of nitrogens with one attached hydrogen (secondary N) is 2. The van der Waals surface area contributed by atoms with E-state index in [0.29, 0.717) is 29.2 Å². The quantitative estimate of drug-likeness (QED) is 0.388. The Hall–Kier alpha value is -4.52. The number of hydrogen-bond acceptors (Lipinski definition) is 5. The van der Waals surface area contributed by atoms with Gasteiger partial charge in [0.1, 0.15) is 5.82 Å². The summed E-state index contributed by atoms with van der Waals surface area (Å²) in [6, 6.07) is 17.5. The summed E-state index contributed by atoms with van der Waals surface area (Å²) in [4.78, 5) is 21.9. The standard InChI is InChI=1S/C27H22FN5O/c1-16-12-31-25-8-4-18(19-10-21(29)14-30-13-19)11-23(25)26(16)27(34)33-22-7-9-24(32-15-22)17-2-5-20(28)6-3-17/h2-11,13-15,31H,12,29H2,1H3,(H,33,34). The Morgan fingerprint density at radius 2 is 1.76 bits per heavy atom. The number of halogens is 1. The number of fused-ring (bicyclic) bond motifs is 1. The van der Waals surface area contributed by atoms with E-state index in [2.05, 4.69) is 20.6 Å². The van der Waals surface area contributed by atoms with Crippen molar-refractivity contribution in [2.24, 2.45) is 0 Å². The highest BCUT2D eigenvalue weighted by molar-refractivity contribution is 6.27. The Morgan fingerprint density at radius 1 is 0.971 bits per heavy atom. The molecule has 4 N–H and O–H groups in total. The number of nitrogens with zero attached hydrogens (tertiary/aromatic N) is 2. The van der Waals surface area contributed by atoms with Crippen LogP contribution in [0.25, 0.3) is 28.0 Å². The van der Waals surface area contributed by atoms with E-state index in [0.717, 1.165) is 33.5 Å². The number of amides is 1. The van der Waals surface area contributed by atoms with Gasteiger partial charge in [-0.05, 0) is 72.7 Å². The van der Waals surface area contributed by atoms with Crippen LogP contribution in [-0.2, 0) is 4.79 Å². The number of hydrogen-bond donors (Lipinski definition) is 3. The summed E-state index contributed by atoms with van der Waals surface area (Å²) < 4.78 is 13.2. The number of anilines is 3. The van der Waals surface area contributed by atoms with Crippen LogP contribution in [0.1, 0.15) is 12.5 Å². The molecule has 6 nitrogen and oxygen atoms in total. The zero-order valence-electron chi connectivity index (χ0n) is 18.5. The van der Waals surface area contributed by atoms with E-state index in [1.54, 1.807) is 42.9 Å². The summed E-state index contributed by atoms with van der Waals surface area (Å²) in [6.07, 6.45) is 4.95. The molecule has 0 saturated heterocycles. The van der Waals surface area contributed by atoms with Gasteiger partial charge in [-0.25, -0.2) is 4.39 Å². The van der Waals surface area contributed by atoms with Crippen molar-refractivity contribution in [3.8, 4) is 22.4 Å². The molecule has 0 saturated carbocycles. The summed E-state index contributed by atoms with van der Waals surface area (Å²) in [7, 11) is 0. The van der Waals surface area contributed by atoms with E-state index in [-0.39, 0.29) is 11.7 Å². The first-order valence-corrected chi connectivity index (χ1v) is 10.8. The van der Waals surface area contributed by atoms with Crippen molar-refractivity contribution in [1.29, 1.82) is 0 Å². The average molecular weight is 452 g/mol. The van der Waals surface area contributed by atoms with Crippen LogP contribution >= 0.6 is 0 Å². The molecule has 4 aromatic rings. The fourth-order valence-electron chi connectivity index (χ4n) is 4.02. The number of nitrogens with two attached hydrogens (primary N) is 1. The highest BCUT2D eigenvalue weighted by Crippen LogP contribution is 2.35. The van der Waals surface area contributed by atoms with Gasteiger partial charge >= 0.3 is 0 Å². The molecular formula is C27H22FN5O. The smallest absolute Gasteiger partial charge is 0.256 e. The second-order valence-electron chi connectivity index (χ2n) is 8.17. The maximum atomic E-state index is 13.3. The van der Waals surface area contributed by atoms with Crippen molar-refractivity contribution < 1.29 is 9.18 Å². The van der Waals surface area contributed by atoms with Crippen LogP contribution in [-0.4, -0.2) is 22.4 Å². The summed E-state index contributed by atoms with van der Waals surface area (Å²) >= 11 is 0. The SMILES string of the molecule is CC1=C(C(=O)Nc2ccc(-c3ccc(F)cc3)nc2)c2cc(-c3cncc(N)c3)ccc2NC1. The molecular weight excluding hydrogens is 429 g/mol. The summed E-state index contributed by atoms with van der Waals surface area (Å²) in [5, 5.41) is 6.32. The van der Waals surface area contributed by atoms with E-state index >= 15 is 0 Å². The predicted molar refractivity (Wildman–Crippen MR) is 133 cm³/mol. The first-order chi connectivity index (χ1) is 16.5. The molecule has 168 valence electrons. The molecule has 0 radical (unpaired) electrons. The average Bonchev–Trinajstić information content (AvgIpc) is 2.84. The first kappa shape index (κ1) is 21.3. The monoisotopic (exact) mass is 451 g/mol. The Labute approximate surface area is 196 Å². The summed E-state index contributed by atoms with van der Waals surface area (Å²) in [5.74, 6) is -0.506. The molecule has 0 fully saturated rings. The van der Waals surface area contributed by atoms with Gasteiger partial charge in [0.15, 0.2) is 0 Å². The number of carbonyl (C=O) groups excluding carboxylic acids is 1. The van der Waals surface area contributed by atoms with Crippen LogP contribution in [0.15, 0.2) is 84.8 Å². The Bertz CT molecular complexity index is 1410. The minimum Gasteiger partial charge on any atom is -0.397 e. The molecule has 1 aliphatic rings. The van der Waals surface area contributed by atoms with Crippen LogP contribution in [0.5, 0.6) is 0 Å². The third kappa shape index (κ3) is 4.23. The highest BCUT2D eigenvalue weighted by Gasteiger charge is 2.23. The van der Waals surface area contributed by atoms with Gasteiger partial charge in [-0.2, -0.15) is 0 Å². The maximum absolute atomic E-state index is 13.3. The Morgan fingerprint density at radius 3 is 2.50 bits per heavy atom. The molecule has 1 amide bonds. The van der Waals surface area contributed by atoms with Crippen molar-refractivity contribution in [2.75, 3.05) is 22.9 Å². The summed E-state index contributed by atoms with van der Waals surface area (Å²) in [6.45, 7) is 2.52. The molecule has 0 aliphatic carbocycles. The van der Waals surface area contributed by atoms with Crippen molar-refractivity contribution in [1.82, 2.24) is 9.97 Å². The molecule has 1 aliphatic heterocycles. The molecule has 0 spiro atoms. The lowest BCUT2D eigenvalue weighted by molar-refractivity contribution is -0.111. The van der Waals surface area contributed by atoms with Gasteiger partial charge in [0.2, 0.25) is 0 Å². The zero-order chi connectivity index (χ0) is 23.7. The van der Waals surface area contributed by atoms with E-state index in [1.165, 1.54) is 12.1 Å². The van der Waals surface area contributed by atoms with Crippen LogP contribution in [0.4, 0.5) is 21.5 Å². The zero-order valence-corrected chi connectivity index (χ0v) is 18.5. The maximum Gasteiger partial charge on any atom is 0.256 e. The second kappa shape index (κ2) is 8.78. The second-order valence-corrected chi connectivity index (χ2v) is 8.17. The Kier molecular flexibility index (Phi) is 5.51. The number of carbonyl (C=O) groups is 1. The van der Waals surface area contributed by atoms with E-state index in [4.69, 9.17) is 5.73 Å². The van der Waals surface area contributed by atoms with Gasteiger partial charge in [0.25, 0.3) is 5.91 Å². The van der Waals surface area contributed by atoms with Crippen molar-refractivity contribution in [2.45, 2.75) is 6.92 Å². The lowest BCUT2D eigenvalue weighted by Gasteiger charge is -2.23. The van der Waals surface area contributed by atoms with Crippen molar-refractivity contribution >= 4 is 28.5 Å². The minimum atomic E-state index is -0.298. The molecule has 3 heterocycles. The molecule has 34 heavy (non-hydrogen) atoms. The van der Waals surface area contributed by atoms with Crippen LogP contribution in [0, 0.1) is 5.82 Å². The molecule has 2 aromatic heterocycles. The van der Waals surface area contributed by atoms with Gasteiger partial charge in [-0.1, -0.05) is 6.07 Å². The third-order valence-corrected chi connectivity index (χ3v) is 5.74. The molecule has 0 atom stereocenters. The molecule has 7 heteroatoms. The fraction of sp³-hybridized carbons (Fsp3) is 0.0741. The number of pyridine rings is 2. The number of nitrogen functional groups attached to an aromatic ring is 1. The van der Waals surface area contributed by atoms with E-state index in [1.807, 2.05) is 31.2 Å². The normalized spacial score (nSPS) is 12.6. The number of benzene rings is 2. The molecule has 0 bridgehead atoms. The lowest BCUT2D eigenvalue weighted by atomic mass is 9.91. The van der Waals surface area contributed by atoms with Gasteiger partial charge < -0.3 is 16.4 Å². The third-order valence-electron chi connectivity index (χ3n) is 5.74. The largest absolute Gasteiger partial charge is 0.397 e. The molecule has 5 rings (SSSR count). The van der Waals surface area contributed by atoms with Crippen LogP contribution in [0.3, 0.4) is 0 Å². The van der Waals surface area contributed by atoms with Crippen molar-refractivity contribution in [3.05, 3.63) is 96.2 Å². The van der Waals surface area contributed by atoms with Crippen molar-refractivity contribution in [3.63, 3.8) is 0 Å². The topological polar surface area (TPSA) is 92.9 Å². The summed E-state index contributed by atoms with van der Waals surface area (Å²) in [5.41, 5.74) is 13.6. The first-order valence-electron chi connectivity index (χ1n) is 10.8. The van der Waals surface area contributed by atoms with Gasteiger partial charge in [0.05, 0.1) is 23.3 Å². The molecule has 2 aromatic carbocycles. The van der Waals surface area contributed by atoms with E-state index < -0.39 is 0 Å². The van der Waals surface area contributed by atoms with Crippen LogP contribution in [0.2, 0.25) is 0 Å². The number of rotatable bonds is 4. The van der Waals surface area contributed by atoms with Crippen LogP contribution < -0.4 is 16.4 Å². The number of aromatic nitrogens is 2. The lowest BCUT2D eigenvalue weighted by Crippen LogP contribution is -2.21. The minimum absolute atomic E-state index is 0.209. The molecule has 0 unspecified atom stereocenters. The predicted octanol–water partition coefficient (Wildman–Crippen LogP) is 5.37. The van der Waals surface area contributed by atoms with Gasteiger partial charge in [-0.15, -0.1) is 0 Å². The Balaban J connectivity index is 1.42. The van der Waals surface area contributed by atoms with Gasteiger partial charge in [0, 0.05) is 46.9 Å².